The Kier molecular flexibility index (Phi) is 27.0. The third kappa shape index (κ3) is 19.4. The number of aliphatic hydroxyl groups excluding tert-OH is 8. The lowest BCUT2D eigenvalue weighted by Crippen LogP contribution is -2.65. The lowest BCUT2D eigenvalue weighted by Gasteiger charge is -2.46. The molecule has 9 N–H and O–H groups in total. The van der Waals surface area contributed by atoms with E-state index in [1.807, 2.05) is 18.2 Å². The van der Waals surface area contributed by atoms with Gasteiger partial charge in [0, 0.05) is 6.42 Å². The van der Waals surface area contributed by atoms with Crippen LogP contribution in [0.15, 0.2) is 72.9 Å². The second-order valence-corrected chi connectivity index (χ2v) is 14.4. The largest absolute Gasteiger partial charge is 0.394 e. The number of carbonyl (C=O) groups is 1. The molecule has 0 bridgehead atoms. The molecule has 0 aromatic heterocycles. The van der Waals surface area contributed by atoms with Crippen LogP contribution in [-0.4, -0.2) is 140 Å². The fraction of sp³-hybridized carbons (Fsp3) is 0.698. The minimum atomic E-state index is -1.80. The monoisotopic (exact) mass is 809 g/mol. The molecular weight excluding hydrogens is 738 g/mol. The van der Waals surface area contributed by atoms with E-state index >= 15 is 0 Å². The van der Waals surface area contributed by atoms with Crippen LogP contribution < -0.4 is 5.32 Å². The topological polar surface area (TPSA) is 228 Å². The molecule has 0 aromatic carbocycles. The molecule has 1 amide bonds. The Labute approximate surface area is 338 Å². The first kappa shape index (κ1) is 50.6. The predicted molar refractivity (Wildman–Crippen MR) is 216 cm³/mol. The molecule has 2 heterocycles. The maximum Gasteiger partial charge on any atom is 0.220 e. The summed E-state index contributed by atoms with van der Waals surface area (Å²) in [5.74, 6) is -0.337. The van der Waals surface area contributed by atoms with E-state index in [2.05, 4.69) is 67.8 Å². The van der Waals surface area contributed by atoms with Gasteiger partial charge in [-0.2, -0.15) is 0 Å². The lowest BCUT2D eigenvalue weighted by molar-refractivity contribution is -0.359. The Bertz CT molecular complexity index is 1240. The van der Waals surface area contributed by atoms with Crippen LogP contribution in [0.4, 0.5) is 0 Å². The van der Waals surface area contributed by atoms with E-state index in [0.29, 0.717) is 12.8 Å². The molecule has 0 aromatic rings. The second-order valence-electron chi connectivity index (χ2n) is 14.4. The van der Waals surface area contributed by atoms with Crippen molar-refractivity contribution in [3.63, 3.8) is 0 Å². The number of aliphatic hydroxyl groups is 8. The van der Waals surface area contributed by atoms with Crippen molar-refractivity contribution in [3.05, 3.63) is 72.9 Å². The van der Waals surface area contributed by atoms with Crippen molar-refractivity contribution in [1.29, 1.82) is 0 Å². The first-order chi connectivity index (χ1) is 27.6. The minimum absolute atomic E-state index is 0.148. The normalized spacial score (nSPS) is 29.9. The molecule has 326 valence electrons. The third-order valence-corrected chi connectivity index (χ3v) is 9.64. The first-order valence-corrected chi connectivity index (χ1v) is 20.7. The Morgan fingerprint density at radius 2 is 1.23 bits per heavy atom. The van der Waals surface area contributed by atoms with E-state index in [1.54, 1.807) is 6.08 Å². The van der Waals surface area contributed by atoms with Gasteiger partial charge < -0.3 is 65.1 Å². The lowest BCUT2D eigenvalue weighted by atomic mass is 9.97. The van der Waals surface area contributed by atoms with Gasteiger partial charge in [0.05, 0.1) is 32.0 Å². The van der Waals surface area contributed by atoms with Crippen LogP contribution in [0.5, 0.6) is 0 Å². The van der Waals surface area contributed by atoms with Crippen molar-refractivity contribution < 1.29 is 64.6 Å². The summed E-state index contributed by atoms with van der Waals surface area (Å²) in [5.41, 5.74) is 0. The third-order valence-electron chi connectivity index (χ3n) is 9.64. The smallest absolute Gasteiger partial charge is 0.220 e. The molecule has 0 spiro atoms. The van der Waals surface area contributed by atoms with Gasteiger partial charge in [-0.3, -0.25) is 4.79 Å². The zero-order valence-corrected chi connectivity index (χ0v) is 33.8. The maximum absolute atomic E-state index is 13.0. The van der Waals surface area contributed by atoms with Crippen molar-refractivity contribution in [2.45, 2.75) is 171 Å². The molecule has 2 fully saturated rings. The molecule has 0 radical (unpaired) electrons. The van der Waals surface area contributed by atoms with Gasteiger partial charge in [-0.25, -0.2) is 0 Å². The molecule has 2 rings (SSSR count). The molecule has 57 heavy (non-hydrogen) atoms. The average molecular weight is 810 g/mol. The molecule has 12 unspecified atom stereocenters. The number of amides is 1. The summed E-state index contributed by atoms with van der Waals surface area (Å²) in [6.07, 6.45) is 18.5. The van der Waals surface area contributed by atoms with Crippen LogP contribution in [0.3, 0.4) is 0 Å². The number of ether oxygens (including phenoxy) is 4. The highest BCUT2D eigenvalue weighted by Gasteiger charge is 2.50. The fourth-order valence-corrected chi connectivity index (χ4v) is 6.20. The number of unbranched alkanes of at least 4 members (excludes halogenated alkanes) is 5. The molecule has 2 aliphatic rings. The molecular formula is C43H71NO13. The van der Waals surface area contributed by atoms with Gasteiger partial charge in [-0.05, 0) is 57.8 Å². The van der Waals surface area contributed by atoms with Crippen LogP contribution in [-0.2, 0) is 23.7 Å². The highest BCUT2D eigenvalue weighted by atomic mass is 16.7. The van der Waals surface area contributed by atoms with Gasteiger partial charge in [-0.1, -0.05) is 106 Å². The Hall–Kier alpha value is -2.57. The van der Waals surface area contributed by atoms with Crippen molar-refractivity contribution in [2.75, 3.05) is 19.8 Å². The van der Waals surface area contributed by atoms with Gasteiger partial charge in [0.2, 0.25) is 5.91 Å². The first-order valence-electron chi connectivity index (χ1n) is 20.7. The van der Waals surface area contributed by atoms with E-state index in [9.17, 15) is 45.6 Å². The van der Waals surface area contributed by atoms with Crippen LogP contribution in [0, 0.1) is 0 Å². The Morgan fingerprint density at radius 1 is 0.649 bits per heavy atom. The van der Waals surface area contributed by atoms with Crippen LogP contribution in [0.25, 0.3) is 0 Å². The van der Waals surface area contributed by atoms with Crippen LogP contribution >= 0.6 is 0 Å². The quantitative estimate of drug-likeness (QED) is 0.0410. The number of rotatable bonds is 28. The number of allylic oxidation sites excluding steroid dienone is 11. The molecule has 0 aliphatic carbocycles. The number of hydrogen-bond donors (Lipinski definition) is 9. The van der Waals surface area contributed by atoms with E-state index in [1.165, 1.54) is 19.3 Å². The second kappa shape index (κ2) is 30.5. The Morgan fingerprint density at radius 3 is 1.88 bits per heavy atom. The summed E-state index contributed by atoms with van der Waals surface area (Å²) >= 11 is 0. The molecule has 14 heteroatoms. The molecule has 12 atom stereocenters. The predicted octanol–water partition coefficient (Wildman–Crippen LogP) is 2.92. The highest BCUT2D eigenvalue weighted by molar-refractivity contribution is 5.76. The summed E-state index contributed by atoms with van der Waals surface area (Å²) in [6, 6.07) is -0.969. The molecule has 0 saturated carbocycles. The van der Waals surface area contributed by atoms with Gasteiger partial charge in [0.25, 0.3) is 0 Å². The van der Waals surface area contributed by atoms with E-state index in [4.69, 9.17) is 18.9 Å². The van der Waals surface area contributed by atoms with Crippen molar-refractivity contribution in [2.24, 2.45) is 0 Å². The summed E-state index contributed by atoms with van der Waals surface area (Å²) in [7, 11) is 0. The molecule has 14 nitrogen and oxygen atoms in total. The zero-order chi connectivity index (χ0) is 41.8. The van der Waals surface area contributed by atoms with Crippen LogP contribution in [0.2, 0.25) is 0 Å². The van der Waals surface area contributed by atoms with Gasteiger partial charge in [0.15, 0.2) is 12.6 Å². The minimum Gasteiger partial charge on any atom is -0.394 e. The SMILES string of the molecule is CC/C=C\C/C=C\C/C=C\C/C=C\CCC(=O)NC(COC1OC(CO)C(OC2OC(CO)C(O)C(O)C2O)C(O)C1O)C(O)/C=C/CC/C=C/CCCCCC. The van der Waals surface area contributed by atoms with Crippen molar-refractivity contribution >= 4 is 5.91 Å². The number of nitrogens with one attached hydrogen (secondary N) is 1. The van der Waals surface area contributed by atoms with Crippen LogP contribution in [0.1, 0.15) is 97.3 Å². The van der Waals surface area contributed by atoms with Gasteiger partial charge in [0.1, 0.15) is 48.8 Å². The fourth-order valence-electron chi connectivity index (χ4n) is 6.20. The number of hydrogen-bond acceptors (Lipinski definition) is 13. The standard InChI is InChI=1S/C43H71NO13/c1-3-5-7-9-11-13-15-16-17-19-21-23-25-27-35(48)44-31(32(47)26-24-22-20-18-14-12-10-8-6-4-2)30-54-42-40(53)38(51)41(34(29-46)56-42)57-43-39(52)37(50)36(49)33(28-45)55-43/h5,7,11,13-14,16-18,21,23-24,26,31-34,36-43,45-47,49-53H,3-4,6,8-10,12,15,19-20,22,25,27-30H2,1-2H3,(H,44,48)/b7-5-,13-11-,17-16-,18-14+,23-21-,26-24+. The summed E-state index contributed by atoms with van der Waals surface area (Å²) < 4.78 is 22.5. The highest BCUT2D eigenvalue weighted by Crippen LogP contribution is 2.29. The zero-order valence-electron chi connectivity index (χ0n) is 33.8. The van der Waals surface area contributed by atoms with Crippen molar-refractivity contribution in [3.8, 4) is 0 Å². The molecule has 2 aliphatic heterocycles. The van der Waals surface area contributed by atoms with E-state index < -0.39 is 86.8 Å². The van der Waals surface area contributed by atoms with Gasteiger partial charge >= 0.3 is 0 Å². The maximum atomic E-state index is 13.0. The average Bonchev–Trinajstić information content (AvgIpc) is 3.21. The van der Waals surface area contributed by atoms with E-state index in [-0.39, 0.29) is 18.9 Å². The summed E-state index contributed by atoms with van der Waals surface area (Å²) in [4.78, 5) is 13.0. The number of carbonyl (C=O) groups excluding carboxylic acids is 1. The van der Waals surface area contributed by atoms with Crippen molar-refractivity contribution in [1.82, 2.24) is 5.32 Å². The molecule has 2 saturated heterocycles. The van der Waals surface area contributed by atoms with Gasteiger partial charge in [-0.15, -0.1) is 0 Å². The van der Waals surface area contributed by atoms with E-state index in [0.717, 1.165) is 44.9 Å². The summed E-state index contributed by atoms with van der Waals surface area (Å²) in [6.45, 7) is 2.50. The summed E-state index contributed by atoms with van der Waals surface area (Å²) in [5, 5.41) is 86.0. The Balaban J connectivity index is 1.99.